The van der Waals surface area contributed by atoms with Gasteiger partial charge in [0.25, 0.3) is 5.91 Å². The number of hydrogen-bond acceptors (Lipinski definition) is 4. The summed E-state index contributed by atoms with van der Waals surface area (Å²) >= 11 is 6.18. The molecule has 1 saturated heterocycles. The van der Waals surface area contributed by atoms with Crippen LogP contribution in [0.1, 0.15) is 29.7 Å². The highest BCUT2D eigenvalue weighted by Gasteiger charge is 2.38. The predicted molar refractivity (Wildman–Crippen MR) is 90.2 cm³/mol. The van der Waals surface area contributed by atoms with E-state index in [2.05, 4.69) is 4.98 Å². The second-order valence-corrected chi connectivity index (χ2v) is 6.05. The first-order valence-electron chi connectivity index (χ1n) is 7.80. The molecule has 0 bridgehead atoms. The summed E-state index contributed by atoms with van der Waals surface area (Å²) in [4.78, 5) is 32.4. The quantitative estimate of drug-likeness (QED) is 0.853. The minimum Gasteiger partial charge on any atom is -0.448 e. The van der Waals surface area contributed by atoms with E-state index >= 15 is 0 Å². The fourth-order valence-corrected chi connectivity index (χ4v) is 3.07. The van der Waals surface area contributed by atoms with Crippen LogP contribution in [0.15, 0.2) is 34.9 Å². The largest absolute Gasteiger partial charge is 0.448 e. The second-order valence-electron chi connectivity index (χ2n) is 5.64. The molecule has 2 aromatic rings. The molecule has 24 heavy (non-hydrogen) atoms. The third-order valence-electron chi connectivity index (χ3n) is 4.18. The Morgan fingerprint density at radius 1 is 1.46 bits per heavy atom. The summed E-state index contributed by atoms with van der Waals surface area (Å²) in [6.45, 7) is 2.41. The molecule has 1 atom stereocenters. The Hall–Kier alpha value is -2.34. The van der Waals surface area contributed by atoms with E-state index in [1.807, 2.05) is 19.1 Å². The molecule has 0 aliphatic carbocycles. The van der Waals surface area contributed by atoms with Gasteiger partial charge in [0.2, 0.25) is 5.91 Å². The minimum absolute atomic E-state index is 0.141. The second kappa shape index (κ2) is 6.65. The normalized spacial score (nSPS) is 17.4. The molecule has 3 rings (SSSR count). The zero-order valence-electron chi connectivity index (χ0n) is 13.5. The fraction of sp³-hybridized carbons (Fsp3) is 0.353. The third kappa shape index (κ3) is 2.89. The van der Waals surface area contributed by atoms with Gasteiger partial charge < -0.3 is 14.2 Å². The van der Waals surface area contributed by atoms with Gasteiger partial charge in [0, 0.05) is 20.0 Å². The van der Waals surface area contributed by atoms with Crippen LogP contribution in [-0.2, 0) is 11.2 Å². The molecule has 0 saturated carbocycles. The maximum absolute atomic E-state index is 12.7. The molecule has 1 aromatic carbocycles. The molecule has 1 fully saturated rings. The van der Waals surface area contributed by atoms with Crippen molar-refractivity contribution in [2.24, 2.45) is 0 Å². The van der Waals surface area contributed by atoms with E-state index in [-0.39, 0.29) is 17.5 Å². The number of amides is 2. The molecule has 1 aliphatic heterocycles. The average Bonchev–Trinajstić information content (AvgIpc) is 3.21. The molecule has 126 valence electrons. The Balaban J connectivity index is 1.77. The van der Waals surface area contributed by atoms with Crippen LogP contribution >= 0.6 is 11.6 Å². The lowest BCUT2D eigenvalue weighted by molar-refractivity contribution is -0.120. The van der Waals surface area contributed by atoms with Crippen LogP contribution in [-0.4, -0.2) is 41.3 Å². The van der Waals surface area contributed by atoms with Crippen molar-refractivity contribution in [3.63, 3.8) is 0 Å². The van der Waals surface area contributed by atoms with Crippen molar-refractivity contribution in [2.45, 2.75) is 25.8 Å². The summed E-state index contributed by atoms with van der Waals surface area (Å²) in [6.07, 6.45) is 2.49. The third-order valence-corrected chi connectivity index (χ3v) is 4.50. The van der Waals surface area contributed by atoms with Crippen LogP contribution in [0.2, 0.25) is 5.02 Å². The summed E-state index contributed by atoms with van der Waals surface area (Å²) < 4.78 is 5.21. The maximum Gasteiger partial charge on any atom is 0.276 e. The first kappa shape index (κ1) is 16.5. The smallest absolute Gasteiger partial charge is 0.276 e. The van der Waals surface area contributed by atoms with Crippen LogP contribution in [0.25, 0.3) is 0 Å². The molecule has 1 aliphatic rings. The average molecular weight is 348 g/mol. The van der Waals surface area contributed by atoms with Crippen molar-refractivity contribution < 1.29 is 14.0 Å². The van der Waals surface area contributed by atoms with E-state index in [0.29, 0.717) is 36.0 Å². The highest BCUT2D eigenvalue weighted by Crippen LogP contribution is 2.30. The lowest BCUT2D eigenvalue weighted by atomic mass is 10.2. The number of aryl methyl sites for hydroxylation is 1. The number of carbonyl (C=O) groups is 2. The standard InChI is InChI=1S/C17H18ClN3O3/c1-3-15-19-12(10-24-15)16(22)20(2)14-8-9-21(17(14)23)13-7-5-4-6-11(13)18/h4-7,10,14H,3,8-9H2,1-2H3/t14-/m0/s1. The van der Waals surface area contributed by atoms with Crippen LogP contribution in [0.5, 0.6) is 0 Å². The number of halogens is 1. The van der Waals surface area contributed by atoms with E-state index in [0.717, 1.165) is 0 Å². The molecule has 1 aromatic heterocycles. The van der Waals surface area contributed by atoms with Crippen molar-refractivity contribution in [3.8, 4) is 0 Å². The fourth-order valence-electron chi connectivity index (χ4n) is 2.83. The molecule has 0 unspecified atom stereocenters. The molecular formula is C17H18ClN3O3. The maximum atomic E-state index is 12.7. The molecular weight excluding hydrogens is 330 g/mol. The summed E-state index contributed by atoms with van der Waals surface area (Å²) in [5.41, 5.74) is 0.889. The van der Waals surface area contributed by atoms with E-state index in [9.17, 15) is 9.59 Å². The van der Waals surface area contributed by atoms with Gasteiger partial charge in [0.05, 0.1) is 10.7 Å². The van der Waals surface area contributed by atoms with Crippen LogP contribution in [0.4, 0.5) is 5.69 Å². The number of aromatic nitrogens is 1. The first-order chi connectivity index (χ1) is 11.5. The van der Waals surface area contributed by atoms with Gasteiger partial charge >= 0.3 is 0 Å². The highest BCUT2D eigenvalue weighted by molar-refractivity contribution is 6.34. The van der Waals surface area contributed by atoms with Crippen molar-refractivity contribution in [1.29, 1.82) is 0 Å². The Labute approximate surface area is 145 Å². The van der Waals surface area contributed by atoms with E-state index in [4.69, 9.17) is 16.0 Å². The summed E-state index contributed by atoms with van der Waals surface area (Å²) in [5, 5.41) is 0.518. The molecule has 7 heteroatoms. The Kier molecular flexibility index (Phi) is 4.57. The van der Waals surface area contributed by atoms with Gasteiger partial charge in [0.15, 0.2) is 11.6 Å². The van der Waals surface area contributed by atoms with Crippen molar-refractivity contribution >= 4 is 29.1 Å². The number of nitrogens with zero attached hydrogens (tertiary/aromatic N) is 3. The number of para-hydroxylation sites is 1. The van der Waals surface area contributed by atoms with Crippen LogP contribution < -0.4 is 4.90 Å². The number of likely N-dealkylation sites (N-methyl/N-ethyl adjacent to an activating group) is 1. The summed E-state index contributed by atoms with van der Waals surface area (Å²) in [5.74, 6) is 0.0400. The van der Waals surface area contributed by atoms with Crippen molar-refractivity contribution in [3.05, 3.63) is 47.1 Å². The molecule has 2 amide bonds. The monoisotopic (exact) mass is 347 g/mol. The molecule has 0 N–H and O–H groups in total. The van der Waals surface area contributed by atoms with E-state index in [1.165, 1.54) is 11.2 Å². The van der Waals surface area contributed by atoms with Gasteiger partial charge in [-0.05, 0) is 18.6 Å². The SMILES string of the molecule is CCc1nc(C(=O)N(C)[C@H]2CCN(c3ccccc3Cl)C2=O)co1. The van der Waals surface area contributed by atoms with Gasteiger partial charge in [0.1, 0.15) is 12.3 Å². The molecule has 0 spiro atoms. The minimum atomic E-state index is -0.532. The predicted octanol–water partition coefficient (Wildman–Crippen LogP) is 2.77. The Morgan fingerprint density at radius 2 is 2.21 bits per heavy atom. The Morgan fingerprint density at radius 3 is 2.88 bits per heavy atom. The van der Waals surface area contributed by atoms with E-state index < -0.39 is 6.04 Å². The number of benzene rings is 1. The van der Waals surface area contributed by atoms with Gasteiger partial charge in [-0.15, -0.1) is 0 Å². The number of oxazole rings is 1. The zero-order valence-corrected chi connectivity index (χ0v) is 14.3. The van der Waals surface area contributed by atoms with Gasteiger partial charge in [-0.25, -0.2) is 4.98 Å². The van der Waals surface area contributed by atoms with Gasteiger partial charge in [-0.2, -0.15) is 0 Å². The van der Waals surface area contributed by atoms with Gasteiger partial charge in [-0.3, -0.25) is 9.59 Å². The van der Waals surface area contributed by atoms with Crippen molar-refractivity contribution in [2.75, 3.05) is 18.5 Å². The van der Waals surface area contributed by atoms with Crippen LogP contribution in [0.3, 0.4) is 0 Å². The van der Waals surface area contributed by atoms with Crippen LogP contribution in [0, 0.1) is 0 Å². The zero-order chi connectivity index (χ0) is 17.3. The highest BCUT2D eigenvalue weighted by atomic mass is 35.5. The number of rotatable bonds is 4. The summed E-state index contributed by atoms with van der Waals surface area (Å²) in [7, 11) is 1.61. The first-order valence-corrected chi connectivity index (χ1v) is 8.18. The molecule has 6 nitrogen and oxygen atoms in total. The van der Waals surface area contributed by atoms with E-state index in [1.54, 1.807) is 24.1 Å². The molecule has 2 heterocycles. The summed E-state index contributed by atoms with van der Waals surface area (Å²) in [6, 6.07) is 6.66. The lowest BCUT2D eigenvalue weighted by Crippen LogP contribution is -2.43. The van der Waals surface area contributed by atoms with Crippen molar-refractivity contribution in [1.82, 2.24) is 9.88 Å². The number of carbonyl (C=O) groups excluding carboxylic acids is 2. The van der Waals surface area contributed by atoms with Gasteiger partial charge in [-0.1, -0.05) is 30.7 Å². The topological polar surface area (TPSA) is 66.7 Å². The Bertz CT molecular complexity index is 774. The lowest BCUT2D eigenvalue weighted by Gasteiger charge is -2.23. The number of hydrogen-bond donors (Lipinski definition) is 0. The number of anilines is 1. The molecule has 0 radical (unpaired) electrons.